The Hall–Kier alpha value is -2.10. The zero-order valence-corrected chi connectivity index (χ0v) is 13.3. The highest BCUT2D eigenvalue weighted by Gasteiger charge is 2.11. The van der Waals surface area contributed by atoms with Gasteiger partial charge in [0.15, 0.2) is 5.82 Å². The largest absolute Gasteiger partial charge is 0.370 e. The molecule has 1 aromatic heterocycles. The summed E-state index contributed by atoms with van der Waals surface area (Å²) in [6.45, 7) is 7.37. The van der Waals surface area contributed by atoms with Crippen LogP contribution in [0.5, 0.6) is 0 Å². The van der Waals surface area contributed by atoms with Crippen LogP contribution in [0.3, 0.4) is 0 Å². The Morgan fingerprint density at radius 3 is 2.48 bits per heavy atom. The second kappa shape index (κ2) is 7.07. The highest BCUT2D eigenvalue weighted by Crippen LogP contribution is 2.22. The summed E-state index contributed by atoms with van der Waals surface area (Å²) >= 11 is 0. The summed E-state index contributed by atoms with van der Waals surface area (Å²) in [5.74, 6) is 2.59. The van der Waals surface area contributed by atoms with E-state index in [0.717, 1.165) is 36.0 Å². The molecule has 0 aliphatic heterocycles. The Morgan fingerprint density at radius 2 is 1.86 bits per heavy atom. The molecule has 1 N–H and O–H groups in total. The molecule has 0 fully saturated rings. The second-order valence-corrected chi connectivity index (χ2v) is 5.43. The lowest BCUT2D eigenvalue weighted by Crippen LogP contribution is -2.27. The lowest BCUT2D eigenvalue weighted by molar-refractivity contribution is 0.742. The summed E-state index contributed by atoms with van der Waals surface area (Å²) in [4.78, 5) is 11.5. The third kappa shape index (κ3) is 3.94. The summed E-state index contributed by atoms with van der Waals surface area (Å²) in [6, 6.07) is 12.5. The first-order valence-electron chi connectivity index (χ1n) is 7.53. The van der Waals surface area contributed by atoms with E-state index in [4.69, 9.17) is 4.98 Å². The van der Waals surface area contributed by atoms with Gasteiger partial charge in [-0.1, -0.05) is 37.3 Å². The minimum absolute atomic E-state index is 0.391. The van der Waals surface area contributed by atoms with Crippen LogP contribution >= 0.6 is 0 Å². The first-order chi connectivity index (χ1) is 10.1. The minimum atomic E-state index is 0.391. The maximum absolute atomic E-state index is 4.71. The standard InChI is InChI=1S/C17H24N4/c1-5-11-18-15-12-16(21(4)13(2)3)20-17(19-15)14-9-7-6-8-10-14/h6-10,12-13H,5,11H2,1-4H3,(H,18,19,20). The van der Waals surface area contributed by atoms with Gasteiger partial charge < -0.3 is 10.2 Å². The number of anilines is 2. The zero-order valence-electron chi connectivity index (χ0n) is 13.3. The molecule has 2 rings (SSSR count). The molecule has 0 saturated heterocycles. The quantitative estimate of drug-likeness (QED) is 0.875. The lowest BCUT2D eigenvalue weighted by atomic mass is 10.2. The molecule has 0 radical (unpaired) electrons. The Labute approximate surface area is 127 Å². The van der Waals surface area contributed by atoms with E-state index < -0.39 is 0 Å². The van der Waals surface area contributed by atoms with Crippen LogP contribution in [0.15, 0.2) is 36.4 Å². The molecular weight excluding hydrogens is 260 g/mol. The van der Waals surface area contributed by atoms with Gasteiger partial charge >= 0.3 is 0 Å². The van der Waals surface area contributed by atoms with Gasteiger partial charge in [-0.2, -0.15) is 0 Å². The number of aromatic nitrogens is 2. The van der Waals surface area contributed by atoms with Gasteiger partial charge in [0, 0.05) is 31.3 Å². The Morgan fingerprint density at radius 1 is 1.14 bits per heavy atom. The smallest absolute Gasteiger partial charge is 0.163 e. The number of hydrogen-bond acceptors (Lipinski definition) is 4. The average molecular weight is 284 g/mol. The molecule has 1 aromatic carbocycles. The van der Waals surface area contributed by atoms with E-state index >= 15 is 0 Å². The van der Waals surface area contributed by atoms with Crippen LogP contribution in [-0.4, -0.2) is 29.6 Å². The van der Waals surface area contributed by atoms with E-state index in [1.54, 1.807) is 0 Å². The van der Waals surface area contributed by atoms with Gasteiger partial charge in [0.2, 0.25) is 0 Å². The van der Waals surface area contributed by atoms with E-state index in [9.17, 15) is 0 Å². The van der Waals surface area contributed by atoms with Crippen LogP contribution in [0.25, 0.3) is 11.4 Å². The van der Waals surface area contributed by atoms with Crippen LogP contribution in [0.4, 0.5) is 11.6 Å². The van der Waals surface area contributed by atoms with Gasteiger partial charge in [-0.25, -0.2) is 9.97 Å². The molecule has 2 aromatic rings. The van der Waals surface area contributed by atoms with Gasteiger partial charge in [0.25, 0.3) is 0 Å². The molecule has 0 spiro atoms. The Balaban J connectivity index is 2.42. The topological polar surface area (TPSA) is 41.0 Å². The van der Waals surface area contributed by atoms with Crippen molar-refractivity contribution in [2.45, 2.75) is 33.2 Å². The van der Waals surface area contributed by atoms with Gasteiger partial charge in [-0.3, -0.25) is 0 Å². The van der Waals surface area contributed by atoms with Crippen molar-refractivity contribution in [3.63, 3.8) is 0 Å². The minimum Gasteiger partial charge on any atom is -0.370 e. The fourth-order valence-electron chi connectivity index (χ4n) is 1.94. The van der Waals surface area contributed by atoms with Crippen LogP contribution < -0.4 is 10.2 Å². The number of hydrogen-bond donors (Lipinski definition) is 1. The molecule has 0 amide bonds. The van der Waals surface area contributed by atoms with E-state index in [1.165, 1.54) is 0 Å². The van der Waals surface area contributed by atoms with Gasteiger partial charge in [0.1, 0.15) is 11.6 Å². The molecule has 0 bridgehead atoms. The molecule has 4 heteroatoms. The van der Waals surface area contributed by atoms with Gasteiger partial charge in [-0.15, -0.1) is 0 Å². The maximum atomic E-state index is 4.71. The van der Waals surface area contributed by atoms with Crippen molar-refractivity contribution in [3.05, 3.63) is 36.4 Å². The highest BCUT2D eigenvalue weighted by molar-refractivity contribution is 5.61. The van der Waals surface area contributed by atoms with Crippen LogP contribution in [0, 0.1) is 0 Å². The highest BCUT2D eigenvalue weighted by atomic mass is 15.2. The predicted octanol–water partition coefficient (Wildman–Crippen LogP) is 3.81. The van der Waals surface area contributed by atoms with Crippen LogP contribution in [0.2, 0.25) is 0 Å². The fourth-order valence-corrected chi connectivity index (χ4v) is 1.94. The van der Waals surface area contributed by atoms with Crippen molar-refractivity contribution in [2.24, 2.45) is 0 Å². The van der Waals surface area contributed by atoms with Crippen LogP contribution in [-0.2, 0) is 0 Å². The Kier molecular flexibility index (Phi) is 5.14. The van der Waals surface area contributed by atoms with Crippen molar-refractivity contribution in [1.29, 1.82) is 0 Å². The van der Waals surface area contributed by atoms with Crippen molar-refractivity contribution in [1.82, 2.24) is 9.97 Å². The normalized spacial score (nSPS) is 10.7. The van der Waals surface area contributed by atoms with Crippen molar-refractivity contribution in [2.75, 3.05) is 23.8 Å². The molecule has 4 nitrogen and oxygen atoms in total. The molecule has 0 aliphatic carbocycles. The predicted molar refractivity (Wildman–Crippen MR) is 89.8 cm³/mol. The lowest BCUT2D eigenvalue weighted by Gasteiger charge is -2.23. The second-order valence-electron chi connectivity index (χ2n) is 5.43. The molecule has 0 unspecified atom stereocenters. The summed E-state index contributed by atoms with van der Waals surface area (Å²) in [5, 5.41) is 3.36. The number of rotatable bonds is 6. The summed E-state index contributed by atoms with van der Waals surface area (Å²) in [6.07, 6.45) is 1.07. The number of nitrogens with one attached hydrogen (secondary N) is 1. The van der Waals surface area contributed by atoms with E-state index in [-0.39, 0.29) is 0 Å². The average Bonchev–Trinajstić information content (AvgIpc) is 2.52. The van der Waals surface area contributed by atoms with Crippen molar-refractivity contribution >= 4 is 11.6 Å². The van der Waals surface area contributed by atoms with Crippen molar-refractivity contribution in [3.8, 4) is 11.4 Å². The number of benzene rings is 1. The molecule has 0 aliphatic rings. The van der Waals surface area contributed by atoms with Gasteiger partial charge in [-0.05, 0) is 20.3 Å². The summed E-state index contributed by atoms with van der Waals surface area (Å²) in [5.41, 5.74) is 1.04. The van der Waals surface area contributed by atoms with Crippen molar-refractivity contribution < 1.29 is 0 Å². The first kappa shape index (κ1) is 15.3. The Bertz CT molecular complexity index is 566. The third-order valence-corrected chi connectivity index (χ3v) is 3.44. The summed E-state index contributed by atoms with van der Waals surface area (Å²) in [7, 11) is 2.06. The van der Waals surface area contributed by atoms with Crippen LogP contribution in [0.1, 0.15) is 27.2 Å². The molecule has 21 heavy (non-hydrogen) atoms. The monoisotopic (exact) mass is 284 g/mol. The summed E-state index contributed by atoms with van der Waals surface area (Å²) < 4.78 is 0. The molecule has 0 atom stereocenters. The molecule has 112 valence electrons. The SMILES string of the molecule is CCCNc1cc(N(C)C(C)C)nc(-c2ccccc2)n1. The first-order valence-corrected chi connectivity index (χ1v) is 7.53. The van der Waals surface area contributed by atoms with Gasteiger partial charge in [0.05, 0.1) is 0 Å². The van der Waals surface area contributed by atoms with E-state index in [1.807, 2.05) is 36.4 Å². The molecule has 1 heterocycles. The third-order valence-electron chi connectivity index (χ3n) is 3.44. The molecular formula is C17H24N4. The fraction of sp³-hybridized carbons (Fsp3) is 0.412. The zero-order chi connectivity index (χ0) is 15.2. The maximum Gasteiger partial charge on any atom is 0.163 e. The number of nitrogens with zero attached hydrogens (tertiary/aromatic N) is 3. The molecule has 0 saturated carbocycles. The van der Waals surface area contributed by atoms with E-state index in [2.05, 4.69) is 43.0 Å². The van der Waals surface area contributed by atoms with E-state index in [0.29, 0.717) is 6.04 Å².